The smallest absolute Gasteiger partial charge is 0.251 e. The van der Waals surface area contributed by atoms with Crippen LogP contribution in [-0.2, 0) is 0 Å². The quantitative estimate of drug-likeness (QED) is 0.285. The molecule has 1 atom stereocenters. The molecule has 0 aliphatic carbocycles. The van der Waals surface area contributed by atoms with E-state index in [9.17, 15) is 9.90 Å². The standard InChI is InChI=1S/C11H14ClN3O3/c1-6(10(13)15-18)5-14-11(17)7-2-3-9(16)8(12)4-7/h2-4,6,16,18H,5H2,1H3,(H2,13,15)(H,14,17). The lowest BCUT2D eigenvalue weighted by molar-refractivity contribution is 0.0951. The second-order valence-electron chi connectivity index (χ2n) is 3.80. The number of benzene rings is 1. The lowest BCUT2D eigenvalue weighted by Crippen LogP contribution is -2.34. The highest BCUT2D eigenvalue weighted by atomic mass is 35.5. The first-order valence-electron chi connectivity index (χ1n) is 5.19. The number of halogens is 1. The van der Waals surface area contributed by atoms with Gasteiger partial charge in [0.1, 0.15) is 11.6 Å². The highest BCUT2D eigenvalue weighted by Gasteiger charge is 2.12. The number of rotatable bonds is 4. The molecule has 0 fully saturated rings. The summed E-state index contributed by atoms with van der Waals surface area (Å²) in [5.74, 6) is -0.682. The molecular formula is C11H14ClN3O3. The van der Waals surface area contributed by atoms with E-state index in [1.165, 1.54) is 18.2 Å². The lowest BCUT2D eigenvalue weighted by atomic mass is 10.1. The molecule has 5 N–H and O–H groups in total. The van der Waals surface area contributed by atoms with E-state index >= 15 is 0 Å². The Balaban J connectivity index is 2.63. The Kier molecular flexibility index (Phi) is 4.79. The third kappa shape index (κ3) is 3.53. The Bertz CT molecular complexity index is 477. The number of hydrogen-bond donors (Lipinski definition) is 4. The van der Waals surface area contributed by atoms with Crippen molar-refractivity contribution in [3.8, 4) is 5.75 Å². The number of phenols is 1. The maximum atomic E-state index is 11.7. The Labute approximate surface area is 109 Å². The average Bonchev–Trinajstić information content (AvgIpc) is 2.37. The molecule has 1 amide bonds. The van der Waals surface area contributed by atoms with Crippen molar-refractivity contribution in [1.29, 1.82) is 0 Å². The molecule has 0 bridgehead atoms. The van der Waals surface area contributed by atoms with Crippen molar-refractivity contribution < 1.29 is 15.1 Å². The van der Waals surface area contributed by atoms with Gasteiger partial charge in [-0.2, -0.15) is 0 Å². The van der Waals surface area contributed by atoms with Crippen LogP contribution in [0.2, 0.25) is 5.02 Å². The third-order valence-corrected chi connectivity index (χ3v) is 2.70. The SMILES string of the molecule is CC(CNC(=O)c1ccc(O)c(Cl)c1)C(N)=NO. The number of phenolic OH excluding ortho intramolecular Hbond substituents is 1. The number of amidine groups is 1. The molecule has 0 saturated heterocycles. The molecular weight excluding hydrogens is 258 g/mol. The second kappa shape index (κ2) is 6.11. The largest absolute Gasteiger partial charge is 0.506 e. The van der Waals surface area contributed by atoms with E-state index < -0.39 is 0 Å². The van der Waals surface area contributed by atoms with Crippen LogP contribution in [0.5, 0.6) is 5.75 Å². The minimum Gasteiger partial charge on any atom is -0.506 e. The summed E-state index contributed by atoms with van der Waals surface area (Å²) < 4.78 is 0. The first-order valence-corrected chi connectivity index (χ1v) is 5.57. The van der Waals surface area contributed by atoms with Gasteiger partial charge in [-0.1, -0.05) is 23.7 Å². The van der Waals surface area contributed by atoms with Crippen LogP contribution in [0.25, 0.3) is 0 Å². The van der Waals surface area contributed by atoms with Gasteiger partial charge < -0.3 is 21.4 Å². The van der Waals surface area contributed by atoms with Crippen LogP contribution in [0, 0.1) is 5.92 Å². The van der Waals surface area contributed by atoms with E-state index in [2.05, 4.69) is 10.5 Å². The number of nitrogens with two attached hydrogens (primary N) is 1. The molecule has 0 spiro atoms. The van der Waals surface area contributed by atoms with Crippen LogP contribution in [0.4, 0.5) is 0 Å². The maximum absolute atomic E-state index is 11.7. The normalized spacial score (nSPS) is 13.1. The number of amides is 1. The van der Waals surface area contributed by atoms with E-state index in [0.717, 1.165) is 0 Å². The molecule has 6 nitrogen and oxygen atoms in total. The number of nitrogens with zero attached hydrogens (tertiary/aromatic N) is 1. The number of hydrogen-bond acceptors (Lipinski definition) is 4. The zero-order chi connectivity index (χ0) is 13.7. The van der Waals surface area contributed by atoms with E-state index in [0.29, 0.717) is 5.56 Å². The number of carbonyl (C=O) groups excluding carboxylic acids is 1. The Morgan fingerprint density at radius 1 is 1.61 bits per heavy atom. The summed E-state index contributed by atoms with van der Waals surface area (Å²) >= 11 is 5.69. The lowest BCUT2D eigenvalue weighted by Gasteiger charge is -2.11. The summed E-state index contributed by atoms with van der Waals surface area (Å²) in [7, 11) is 0. The molecule has 0 aliphatic rings. The van der Waals surface area contributed by atoms with Gasteiger partial charge in [0.2, 0.25) is 0 Å². The van der Waals surface area contributed by atoms with Crippen molar-refractivity contribution in [2.75, 3.05) is 6.54 Å². The molecule has 0 radical (unpaired) electrons. The van der Waals surface area contributed by atoms with Gasteiger partial charge in [-0.05, 0) is 18.2 Å². The second-order valence-corrected chi connectivity index (χ2v) is 4.21. The van der Waals surface area contributed by atoms with Crippen LogP contribution < -0.4 is 11.1 Å². The highest BCUT2D eigenvalue weighted by Crippen LogP contribution is 2.23. The van der Waals surface area contributed by atoms with Gasteiger partial charge in [-0.15, -0.1) is 0 Å². The fraction of sp³-hybridized carbons (Fsp3) is 0.273. The van der Waals surface area contributed by atoms with Gasteiger partial charge in [0.05, 0.1) is 5.02 Å². The number of aromatic hydroxyl groups is 1. The molecule has 0 aromatic heterocycles. The van der Waals surface area contributed by atoms with Crippen molar-refractivity contribution in [2.45, 2.75) is 6.92 Å². The molecule has 18 heavy (non-hydrogen) atoms. The van der Waals surface area contributed by atoms with E-state index in [-0.39, 0.29) is 35.0 Å². The first kappa shape index (κ1) is 14.1. The zero-order valence-electron chi connectivity index (χ0n) is 9.72. The summed E-state index contributed by atoms with van der Waals surface area (Å²) in [6, 6.07) is 4.15. The van der Waals surface area contributed by atoms with Crippen LogP contribution in [-0.4, -0.2) is 28.6 Å². The molecule has 1 aromatic rings. The summed E-state index contributed by atoms with van der Waals surface area (Å²) in [5.41, 5.74) is 5.70. The predicted molar refractivity (Wildman–Crippen MR) is 68.0 cm³/mol. The van der Waals surface area contributed by atoms with Crippen molar-refractivity contribution in [1.82, 2.24) is 5.32 Å². The Hall–Kier alpha value is -1.95. The average molecular weight is 272 g/mol. The van der Waals surface area contributed by atoms with E-state index in [4.69, 9.17) is 22.5 Å². The summed E-state index contributed by atoms with van der Waals surface area (Å²) in [6.07, 6.45) is 0. The summed E-state index contributed by atoms with van der Waals surface area (Å²) in [6.45, 7) is 1.94. The summed E-state index contributed by atoms with van der Waals surface area (Å²) in [5, 5.41) is 23.3. The highest BCUT2D eigenvalue weighted by molar-refractivity contribution is 6.32. The van der Waals surface area contributed by atoms with Crippen molar-refractivity contribution >= 4 is 23.3 Å². The van der Waals surface area contributed by atoms with Gasteiger partial charge >= 0.3 is 0 Å². The van der Waals surface area contributed by atoms with Crippen LogP contribution >= 0.6 is 11.6 Å². The molecule has 0 heterocycles. The van der Waals surface area contributed by atoms with E-state index in [1.54, 1.807) is 6.92 Å². The zero-order valence-corrected chi connectivity index (χ0v) is 10.5. The number of carbonyl (C=O) groups is 1. The van der Waals surface area contributed by atoms with Crippen molar-refractivity contribution in [2.24, 2.45) is 16.8 Å². The molecule has 7 heteroatoms. The van der Waals surface area contributed by atoms with Crippen LogP contribution in [0.15, 0.2) is 23.4 Å². The molecule has 1 aromatic carbocycles. The van der Waals surface area contributed by atoms with Gasteiger partial charge in [-0.25, -0.2) is 0 Å². The minimum absolute atomic E-state index is 0.0408. The Morgan fingerprint density at radius 3 is 2.83 bits per heavy atom. The minimum atomic E-state index is -0.352. The fourth-order valence-corrected chi connectivity index (χ4v) is 1.38. The van der Waals surface area contributed by atoms with Gasteiger partial charge in [0.15, 0.2) is 0 Å². The van der Waals surface area contributed by atoms with Gasteiger partial charge in [-0.3, -0.25) is 4.79 Å². The molecule has 1 rings (SSSR count). The number of oxime groups is 1. The van der Waals surface area contributed by atoms with E-state index in [1.807, 2.05) is 0 Å². The van der Waals surface area contributed by atoms with Gasteiger partial charge in [0.25, 0.3) is 5.91 Å². The predicted octanol–water partition coefficient (Wildman–Crippen LogP) is 1.16. The molecule has 0 aliphatic heterocycles. The topological polar surface area (TPSA) is 108 Å². The van der Waals surface area contributed by atoms with Gasteiger partial charge in [0, 0.05) is 18.0 Å². The van der Waals surface area contributed by atoms with Crippen molar-refractivity contribution in [3.63, 3.8) is 0 Å². The van der Waals surface area contributed by atoms with Crippen LogP contribution in [0.3, 0.4) is 0 Å². The summed E-state index contributed by atoms with van der Waals surface area (Å²) in [4.78, 5) is 11.7. The monoisotopic (exact) mass is 271 g/mol. The fourth-order valence-electron chi connectivity index (χ4n) is 1.20. The number of nitrogens with one attached hydrogen (secondary N) is 1. The third-order valence-electron chi connectivity index (χ3n) is 2.40. The molecule has 0 saturated carbocycles. The molecule has 1 unspecified atom stereocenters. The molecule has 98 valence electrons. The maximum Gasteiger partial charge on any atom is 0.251 e. The Morgan fingerprint density at radius 2 is 2.28 bits per heavy atom. The van der Waals surface area contributed by atoms with Crippen LogP contribution in [0.1, 0.15) is 17.3 Å². The first-order chi connectivity index (χ1) is 8.45. The van der Waals surface area contributed by atoms with Crippen molar-refractivity contribution in [3.05, 3.63) is 28.8 Å².